The van der Waals surface area contributed by atoms with Crippen LogP contribution in [0.2, 0.25) is 0 Å². The number of carbonyl (C=O) groups excluding carboxylic acids is 1. The van der Waals surface area contributed by atoms with Gasteiger partial charge in [-0.05, 0) is 37.4 Å². The number of hydrogen-bond acceptors (Lipinski definition) is 2. The fourth-order valence-corrected chi connectivity index (χ4v) is 2.82. The molecule has 0 unspecified atom stereocenters. The molecule has 0 aromatic heterocycles. The Morgan fingerprint density at radius 1 is 1.26 bits per heavy atom. The van der Waals surface area contributed by atoms with Crippen LogP contribution >= 0.6 is 0 Å². The first-order valence-electron chi connectivity index (χ1n) is 7.18. The van der Waals surface area contributed by atoms with Gasteiger partial charge in [0.1, 0.15) is 0 Å². The molecule has 1 amide bonds. The van der Waals surface area contributed by atoms with Crippen molar-refractivity contribution in [2.75, 3.05) is 13.1 Å². The van der Waals surface area contributed by atoms with Crippen LogP contribution in [0.25, 0.3) is 0 Å². The van der Waals surface area contributed by atoms with Gasteiger partial charge < -0.3 is 10.6 Å². The largest absolute Gasteiger partial charge is 0.350 e. The Kier molecular flexibility index (Phi) is 4.59. The summed E-state index contributed by atoms with van der Waals surface area (Å²) >= 11 is 0. The molecular formula is C16H24N2O. The van der Waals surface area contributed by atoms with E-state index in [1.165, 1.54) is 0 Å². The van der Waals surface area contributed by atoms with Crippen molar-refractivity contribution >= 4 is 5.91 Å². The van der Waals surface area contributed by atoms with Gasteiger partial charge in [-0.25, -0.2) is 0 Å². The highest BCUT2D eigenvalue weighted by Gasteiger charge is 2.36. The lowest BCUT2D eigenvalue weighted by Crippen LogP contribution is -2.57. The van der Waals surface area contributed by atoms with Crippen LogP contribution in [0, 0.1) is 5.92 Å². The molecule has 3 nitrogen and oxygen atoms in total. The lowest BCUT2D eigenvalue weighted by molar-refractivity contribution is -0.123. The minimum atomic E-state index is -0.0306. The number of benzene rings is 1. The second-order valence-electron chi connectivity index (χ2n) is 5.77. The van der Waals surface area contributed by atoms with E-state index in [9.17, 15) is 4.79 Å². The maximum absolute atomic E-state index is 12.3. The molecule has 1 fully saturated rings. The molecule has 1 aromatic rings. The molecule has 19 heavy (non-hydrogen) atoms. The first-order chi connectivity index (χ1) is 9.12. The zero-order valence-electron chi connectivity index (χ0n) is 11.9. The molecular weight excluding hydrogens is 236 g/mol. The SMILES string of the molecule is CC(C)C1(NC(=O)Cc2ccccc2)CCNCC1. The van der Waals surface area contributed by atoms with E-state index in [1.807, 2.05) is 30.3 Å². The first-order valence-corrected chi connectivity index (χ1v) is 7.18. The summed E-state index contributed by atoms with van der Waals surface area (Å²) in [6.07, 6.45) is 2.51. The molecule has 104 valence electrons. The van der Waals surface area contributed by atoms with Gasteiger partial charge in [-0.1, -0.05) is 44.2 Å². The normalized spacial score (nSPS) is 18.3. The quantitative estimate of drug-likeness (QED) is 0.870. The second-order valence-corrected chi connectivity index (χ2v) is 5.77. The second kappa shape index (κ2) is 6.20. The molecule has 1 saturated heterocycles. The van der Waals surface area contributed by atoms with Crippen LogP contribution in [0.1, 0.15) is 32.3 Å². The minimum absolute atomic E-state index is 0.0306. The van der Waals surface area contributed by atoms with E-state index < -0.39 is 0 Å². The average Bonchev–Trinajstić information content (AvgIpc) is 2.40. The fourth-order valence-electron chi connectivity index (χ4n) is 2.82. The van der Waals surface area contributed by atoms with Crippen LogP contribution in [-0.2, 0) is 11.2 Å². The maximum Gasteiger partial charge on any atom is 0.224 e. The monoisotopic (exact) mass is 260 g/mol. The number of nitrogens with one attached hydrogen (secondary N) is 2. The predicted molar refractivity (Wildman–Crippen MR) is 78.0 cm³/mol. The summed E-state index contributed by atoms with van der Waals surface area (Å²) < 4.78 is 0. The molecule has 0 bridgehead atoms. The third-order valence-corrected chi connectivity index (χ3v) is 4.20. The molecule has 1 aromatic carbocycles. The van der Waals surface area contributed by atoms with Crippen LogP contribution in [0.4, 0.5) is 0 Å². The van der Waals surface area contributed by atoms with E-state index in [2.05, 4.69) is 24.5 Å². The van der Waals surface area contributed by atoms with E-state index in [0.29, 0.717) is 12.3 Å². The lowest BCUT2D eigenvalue weighted by atomic mass is 9.78. The first kappa shape index (κ1) is 14.1. The third-order valence-electron chi connectivity index (χ3n) is 4.20. The van der Waals surface area contributed by atoms with Gasteiger partial charge in [0.15, 0.2) is 0 Å². The summed E-state index contributed by atoms with van der Waals surface area (Å²) in [6, 6.07) is 9.94. The van der Waals surface area contributed by atoms with E-state index in [-0.39, 0.29) is 11.4 Å². The smallest absolute Gasteiger partial charge is 0.224 e. The standard InChI is InChI=1S/C16H24N2O/c1-13(2)16(8-10-17-11-9-16)18-15(19)12-14-6-4-3-5-7-14/h3-7,13,17H,8-12H2,1-2H3,(H,18,19). The molecule has 0 aliphatic carbocycles. The molecule has 1 aliphatic rings. The average molecular weight is 260 g/mol. The maximum atomic E-state index is 12.3. The van der Waals surface area contributed by atoms with Crippen molar-refractivity contribution in [2.24, 2.45) is 5.92 Å². The molecule has 2 N–H and O–H groups in total. The van der Waals surface area contributed by atoms with E-state index in [0.717, 1.165) is 31.5 Å². The predicted octanol–water partition coefficient (Wildman–Crippen LogP) is 2.12. The van der Waals surface area contributed by atoms with Gasteiger partial charge in [0, 0.05) is 5.54 Å². The summed E-state index contributed by atoms with van der Waals surface area (Å²) in [5.41, 5.74) is 1.05. The number of piperidine rings is 1. The van der Waals surface area contributed by atoms with Gasteiger partial charge in [-0.2, -0.15) is 0 Å². The highest BCUT2D eigenvalue weighted by Crippen LogP contribution is 2.27. The highest BCUT2D eigenvalue weighted by molar-refractivity contribution is 5.79. The van der Waals surface area contributed by atoms with E-state index in [1.54, 1.807) is 0 Å². The van der Waals surface area contributed by atoms with Gasteiger partial charge in [0.05, 0.1) is 6.42 Å². The fraction of sp³-hybridized carbons (Fsp3) is 0.562. The molecule has 0 radical (unpaired) electrons. The van der Waals surface area contributed by atoms with Crippen molar-refractivity contribution in [3.05, 3.63) is 35.9 Å². The topological polar surface area (TPSA) is 41.1 Å². The highest BCUT2D eigenvalue weighted by atomic mass is 16.1. The van der Waals surface area contributed by atoms with Gasteiger partial charge in [-0.3, -0.25) is 4.79 Å². The van der Waals surface area contributed by atoms with Crippen LogP contribution in [0.5, 0.6) is 0 Å². The summed E-state index contributed by atoms with van der Waals surface area (Å²) in [5, 5.41) is 6.67. The zero-order chi connectivity index (χ0) is 13.7. The molecule has 3 heteroatoms. The molecule has 1 heterocycles. The Labute approximate surface area is 115 Å². The summed E-state index contributed by atoms with van der Waals surface area (Å²) in [5.74, 6) is 0.608. The van der Waals surface area contributed by atoms with Crippen molar-refractivity contribution in [1.29, 1.82) is 0 Å². The minimum Gasteiger partial charge on any atom is -0.350 e. The number of hydrogen-bond donors (Lipinski definition) is 2. The molecule has 0 saturated carbocycles. The van der Waals surface area contributed by atoms with Crippen molar-refractivity contribution in [3.63, 3.8) is 0 Å². The van der Waals surface area contributed by atoms with Gasteiger partial charge >= 0.3 is 0 Å². The number of rotatable bonds is 4. The van der Waals surface area contributed by atoms with Crippen LogP contribution in [-0.4, -0.2) is 24.5 Å². The summed E-state index contributed by atoms with van der Waals surface area (Å²) in [7, 11) is 0. The number of carbonyl (C=O) groups is 1. The lowest BCUT2D eigenvalue weighted by Gasteiger charge is -2.42. The van der Waals surface area contributed by atoms with Crippen molar-refractivity contribution in [1.82, 2.24) is 10.6 Å². The van der Waals surface area contributed by atoms with Crippen molar-refractivity contribution in [3.8, 4) is 0 Å². The summed E-state index contributed by atoms with van der Waals surface area (Å²) in [4.78, 5) is 12.3. The Bertz CT molecular complexity index is 408. The van der Waals surface area contributed by atoms with Crippen LogP contribution < -0.4 is 10.6 Å². The van der Waals surface area contributed by atoms with E-state index in [4.69, 9.17) is 0 Å². The van der Waals surface area contributed by atoms with Gasteiger partial charge in [-0.15, -0.1) is 0 Å². The Morgan fingerprint density at radius 3 is 2.47 bits per heavy atom. The number of amides is 1. The Balaban J connectivity index is 1.99. The van der Waals surface area contributed by atoms with Gasteiger partial charge in [0.25, 0.3) is 0 Å². The molecule has 0 spiro atoms. The zero-order valence-corrected chi connectivity index (χ0v) is 11.9. The van der Waals surface area contributed by atoms with Crippen molar-refractivity contribution < 1.29 is 4.79 Å². The molecule has 2 rings (SSSR count). The Morgan fingerprint density at radius 2 is 1.89 bits per heavy atom. The van der Waals surface area contributed by atoms with E-state index >= 15 is 0 Å². The van der Waals surface area contributed by atoms with Gasteiger partial charge in [0.2, 0.25) is 5.91 Å². The molecule has 0 atom stereocenters. The van der Waals surface area contributed by atoms with Crippen LogP contribution in [0.15, 0.2) is 30.3 Å². The Hall–Kier alpha value is -1.35. The molecule has 1 aliphatic heterocycles. The van der Waals surface area contributed by atoms with Crippen molar-refractivity contribution in [2.45, 2.75) is 38.6 Å². The third kappa shape index (κ3) is 3.57. The van der Waals surface area contributed by atoms with Crippen LogP contribution in [0.3, 0.4) is 0 Å². The summed E-state index contributed by atoms with van der Waals surface area (Å²) in [6.45, 7) is 6.38.